The quantitative estimate of drug-likeness (QED) is 0.910. The summed E-state index contributed by atoms with van der Waals surface area (Å²) in [5, 5.41) is 6.16. The van der Waals surface area contributed by atoms with E-state index in [4.69, 9.17) is 0 Å². The number of nitrogens with one attached hydrogen (secondary N) is 2. The Morgan fingerprint density at radius 3 is 2.81 bits per heavy atom. The van der Waals surface area contributed by atoms with Gasteiger partial charge in [0.1, 0.15) is 5.82 Å². The van der Waals surface area contributed by atoms with Crippen LogP contribution in [0.5, 0.6) is 0 Å². The fourth-order valence-electron chi connectivity index (χ4n) is 2.58. The largest absolute Gasteiger partial charge is 0.346 e. The highest BCUT2D eigenvalue weighted by Crippen LogP contribution is 2.18. The smallest absolute Gasteiger partial charge is 0.251 e. The first kappa shape index (κ1) is 13.8. The van der Waals surface area contributed by atoms with Gasteiger partial charge >= 0.3 is 0 Å². The molecule has 2 N–H and O–H groups in total. The highest BCUT2D eigenvalue weighted by Gasteiger charge is 2.15. The van der Waals surface area contributed by atoms with Crippen molar-refractivity contribution in [3.05, 3.63) is 70.5 Å². The topological polar surface area (TPSA) is 41.1 Å². The lowest BCUT2D eigenvalue weighted by Crippen LogP contribution is -2.26. The van der Waals surface area contributed by atoms with E-state index in [-0.39, 0.29) is 17.8 Å². The van der Waals surface area contributed by atoms with Gasteiger partial charge in [-0.1, -0.05) is 18.2 Å². The zero-order valence-electron chi connectivity index (χ0n) is 11.8. The maximum Gasteiger partial charge on any atom is 0.251 e. The van der Waals surface area contributed by atoms with E-state index < -0.39 is 0 Å². The van der Waals surface area contributed by atoms with Crippen LogP contribution in [-0.4, -0.2) is 5.91 Å². The number of hydrogen-bond donors (Lipinski definition) is 2. The summed E-state index contributed by atoms with van der Waals surface area (Å²) in [5.74, 6) is -0.432. The minimum Gasteiger partial charge on any atom is -0.346 e. The van der Waals surface area contributed by atoms with E-state index in [9.17, 15) is 9.18 Å². The molecule has 21 heavy (non-hydrogen) atoms. The van der Waals surface area contributed by atoms with Crippen molar-refractivity contribution in [3.8, 4) is 0 Å². The molecular weight excluding hydrogens is 267 g/mol. The molecule has 1 amide bonds. The zero-order chi connectivity index (χ0) is 14.8. The molecule has 2 aromatic rings. The number of fused-ring (bicyclic) bond motifs is 1. The van der Waals surface area contributed by atoms with Crippen LogP contribution in [0.3, 0.4) is 0 Å². The molecule has 1 aliphatic rings. The monoisotopic (exact) mass is 284 g/mol. The summed E-state index contributed by atoms with van der Waals surface area (Å²) in [7, 11) is 0. The standard InChI is InChI=1S/C17H17FN2O/c1-11(12-3-2-4-16(18)8-12)20-17(21)13-5-6-14-9-19-10-15(14)7-13/h2-8,11,19H,9-10H2,1H3,(H,20,21)/t11-/m0/s1. The van der Waals surface area contributed by atoms with Crippen LogP contribution in [0, 0.1) is 5.82 Å². The molecule has 1 heterocycles. The van der Waals surface area contributed by atoms with Gasteiger partial charge in [-0.3, -0.25) is 4.79 Å². The fraction of sp³-hybridized carbons (Fsp3) is 0.235. The van der Waals surface area contributed by atoms with E-state index in [1.54, 1.807) is 12.1 Å². The molecule has 0 bridgehead atoms. The van der Waals surface area contributed by atoms with Crippen LogP contribution in [0.2, 0.25) is 0 Å². The summed E-state index contributed by atoms with van der Waals surface area (Å²) in [6, 6.07) is 11.8. The van der Waals surface area contributed by atoms with Crippen LogP contribution in [0.1, 0.15) is 40.0 Å². The predicted molar refractivity (Wildman–Crippen MR) is 79.3 cm³/mol. The average molecular weight is 284 g/mol. The van der Waals surface area contributed by atoms with Crippen LogP contribution in [0.25, 0.3) is 0 Å². The summed E-state index contributed by atoms with van der Waals surface area (Å²) < 4.78 is 13.2. The molecule has 0 spiro atoms. The van der Waals surface area contributed by atoms with Crippen molar-refractivity contribution in [2.45, 2.75) is 26.1 Å². The van der Waals surface area contributed by atoms with Crippen LogP contribution in [0.15, 0.2) is 42.5 Å². The van der Waals surface area contributed by atoms with E-state index in [0.29, 0.717) is 5.56 Å². The molecule has 0 unspecified atom stereocenters. The van der Waals surface area contributed by atoms with Crippen molar-refractivity contribution in [2.75, 3.05) is 0 Å². The second-order valence-electron chi connectivity index (χ2n) is 5.34. The summed E-state index contributed by atoms with van der Waals surface area (Å²) >= 11 is 0. The van der Waals surface area contributed by atoms with Gasteiger partial charge in [0.05, 0.1) is 6.04 Å². The minimum atomic E-state index is -0.294. The van der Waals surface area contributed by atoms with Crippen molar-refractivity contribution in [3.63, 3.8) is 0 Å². The third-order valence-corrected chi connectivity index (χ3v) is 3.80. The molecule has 3 rings (SSSR count). The summed E-state index contributed by atoms with van der Waals surface area (Å²) in [6.07, 6.45) is 0. The maximum absolute atomic E-state index is 13.2. The fourth-order valence-corrected chi connectivity index (χ4v) is 2.58. The van der Waals surface area contributed by atoms with Crippen molar-refractivity contribution < 1.29 is 9.18 Å². The Bertz CT molecular complexity index is 684. The maximum atomic E-state index is 13.2. The lowest BCUT2D eigenvalue weighted by molar-refractivity contribution is 0.0939. The summed E-state index contributed by atoms with van der Waals surface area (Å²) in [5.41, 5.74) is 3.80. The molecule has 3 nitrogen and oxygen atoms in total. The van der Waals surface area contributed by atoms with Gasteiger partial charge < -0.3 is 10.6 Å². The predicted octanol–water partition coefficient (Wildman–Crippen LogP) is 2.92. The first-order valence-corrected chi connectivity index (χ1v) is 7.02. The van der Waals surface area contributed by atoms with E-state index in [1.165, 1.54) is 23.3 Å². The molecule has 0 aliphatic carbocycles. The van der Waals surface area contributed by atoms with Gasteiger partial charge in [-0.05, 0) is 47.9 Å². The summed E-state index contributed by atoms with van der Waals surface area (Å²) in [4.78, 5) is 12.3. The molecule has 1 aliphatic heterocycles. The van der Waals surface area contributed by atoms with Gasteiger partial charge in [0.15, 0.2) is 0 Å². The van der Waals surface area contributed by atoms with Crippen molar-refractivity contribution in [1.82, 2.24) is 10.6 Å². The van der Waals surface area contributed by atoms with Crippen LogP contribution in [-0.2, 0) is 13.1 Å². The molecule has 108 valence electrons. The highest BCUT2D eigenvalue weighted by molar-refractivity contribution is 5.94. The van der Waals surface area contributed by atoms with Gasteiger partial charge in [0.2, 0.25) is 0 Å². The zero-order valence-corrected chi connectivity index (χ0v) is 11.8. The van der Waals surface area contributed by atoms with E-state index in [0.717, 1.165) is 18.7 Å². The third-order valence-electron chi connectivity index (χ3n) is 3.80. The van der Waals surface area contributed by atoms with Gasteiger partial charge in [-0.25, -0.2) is 4.39 Å². The van der Waals surface area contributed by atoms with Crippen molar-refractivity contribution in [1.29, 1.82) is 0 Å². The molecule has 0 radical (unpaired) electrons. The number of rotatable bonds is 3. The molecule has 0 saturated carbocycles. The third kappa shape index (κ3) is 2.95. The molecule has 4 heteroatoms. The summed E-state index contributed by atoms with van der Waals surface area (Å²) in [6.45, 7) is 3.51. The number of carbonyl (C=O) groups excluding carboxylic acids is 1. The number of benzene rings is 2. The molecule has 0 aromatic heterocycles. The first-order valence-electron chi connectivity index (χ1n) is 7.02. The number of carbonyl (C=O) groups is 1. The lowest BCUT2D eigenvalue weighted by atomic mass is 10.0. The van der Waals surface area contributed by atoms with Crippen LogP contribution >= 0.6 is 0 Å². The Morgan fingerprint density at radius 1 is 1.19 bits per heavy atom. The minimum absolute atomic E-state index is 0.138. The normalized spacial score (nSPS) is 14.6. The second-order valence-corrected chi connectivity index (χ2v) is 5.34. The number of amides is 1. The lowest BCUT2D eigenvalue weighted by Gasteiger charge is -2.15. The Kier molecular flexibility index (Phi) is 3.71. The number of hydrogen-bond acceptors (Lipinski definition) is 2. The Hall–Kier alpha value is -2.20. The Balaban J connectivity index is 1.74. The van der Waals surface area contributed by atoms with E-state index >= 15 is 0 Å². The molecular formula is C17H17FN2O. The Morgan fingerprint density at radius 2 is 2.00 bits per heavy atom. The van der Waals surface area contributed by atoms with Gasteiger partial charge in [0.25, 0.3) is 5.91 Å². The van der Waals surface area contributed by atoms with E-state index in [2.05, 4.69) is 10.6 Å². The highest BCUT2D eigenvalue weighted by atomic mass is 19.1. The van der Waals surface area contributed by atoms with Crippen LogP contribution < -0.4 is 10.6 Å². The van der Waals surface area contributed by atoms with Gasteiger partial charge in [0, 0.05) is 18.7 Å². The van der Waals surface area contributed by atoms with Crippen molar-refractivity contribution >= 4 is 5.91 Å². The van der Waals surface area contributed by atoms with Crippen molar-refractivity contribution in [2.24, 2.45) is 0 Å². The molecule has 0 saturated heterocycles. The number of halogens is 1. The first-order chi connectivity index (χ1) is 10.1. The SMILES string of the molecule is C[C@H](NC(=O)c1ccc2c(c1)CNC2)c1cccc(F)c1. The molecule has 2 aromatic carbocycles. The van der Waals surface area contributed by atoms with Gasteiger partial charge in [-0.15, -0.1) is 0 Å². The second kappa shape index (κ2) is 5.66. The molecule has 1 atom stereocenters. The van der Waals surface area contributed by atoms with Gasteiger partial charge in [-0.2, -0.15) is 0 Å². The van der Waals surface area contributed by atoms with Crippen LogP contribution in [0.4, 0.5) is 4.39 Å². The molecule has 0 fully saturated rings. The van der Waals surface area contributed by atoms with E-state index in [1.807, 2.05) is 25.1 Å². The Labute approximate surface area is 123 Å². The average Bonchev–Trinajstić information content (AvgIpc) is 2.94.